The number of hydrogen-bond donors (Lipinski definition) is 2. The van der Waals surface area contributed by atoms with Crippen molar-refractivity contribution >= 4 is 23.1 Å². The van der Waals surface area contributed by atoms with E-state index in [2.05, 4.69) is 10.3 Å². The van der Waals surface area contributed by atoms with E-state index in [0.717, 1.165) is 19.3 Å². The number of hydrogen-bond acceptors (Lipinski definition) is 5. The maximum absolute atomic E-state index is 10.7. The number of aliphatic hydroxyl groups is 1. The monoisotopic (exact) mass is 259 g/mol. The average molecular weight is 260 g/mol. The summed E-state index contributed by atoms with van der Waals surface area (Å²) in [6.45, 7) is 0.726. The largest absolute Gasteiger partial charge is 0.396 e. The molecule has 0 aliphatic rings. The predicted molar refractivity (Wildman–Crippen MR) is 65.3 cm³/mol. The number of nitro groups is 1. The second-order valence-electron chi connectivity index (χ2n) is 3.47. The van der Waals surface area contributed by atoms with Crippen LogP contribution in [0.25, 0.3) is 0 Å². The van der Waals surface area contributed by atoms with Crippen LogP contribution in [0.5, 0.6) is 0 Å². The Balaban J connectivity index is 2.56. The lowest BCUT2D eigenvalue weighted by atomic mass is 10.2. The maximum Gasteiger partial charge on any atom is 0.311 e. The van der Waals surface area contributed by atoms with Crippen LogP contribution in [0.3, 0.4) is 0 Å². The van der Waals surface area contributed by atoms with Crippen LogP contribution in [0.1, 0.15) is 19.3 Å². The van der Waals surface area contributed by atoms with E-state index in [0.29, 0.717) is 6.54 Å². The van der Waals surface area contributed by atoms with Crippen molar-refractivity contribution in [3.05, 3.63) is 27.4 Å². The van der Waals surface area contributed by atoms with Crippen molar-refractivity contribution in [1.29, 1.82) is 0 Å². The fourth-order valence-corrected chi connectivity index (χ4v) is 1.47. The van der Waals surface area contributed by atoms with Gasteiger partial charge in [0.1, 0.15) is 5.15 Å². The molecule has 94 valence electrons. The summed E-state index contributed by atoms with van der Waals surface area (Å²) < 4.78 is 0. The van der Waals surface area contributed by atoms with Crippen LogP contribution in [0.2, 0.25) is 5.15 Å². The smallest absolute Gasteiger partial charge is 0.311 e. The van der Waals surface area contributed by atoms with Crippen molar-refractivity contribution in [3.63, 3.8) is 0 Å². The first kappa shape index (κ1) is 13.7. The molecule has 0 atom stereocenters. The van der Waals surface area contributed by atoms with Gasteiger partial charge < -0.3 is 10.4 Å². The van der Waals surface area contributed by atoms with Crippen molar-refractivity contribution < 1.29 is 10.0 Å². The first-order chi connectivity index (χ1) is 8.15. The Morgan fingerprint density at radius 2 is 2.18 bits per heavy atom. The quantitative estimate of drug-likeness (QED) is 0.339. The third-order valence-corrected chi connectivity index (χ3v) is 2.37. The Morgan fingerprint density at radius 3 is 2.82 bits per heavy atom. The molecular formula is C10H14ClN3O3. The summed E-state index contributed by atoms with van der Waals surface area (Å²) in [5.41, 5.74) is -0.0865. The van der Waals surface area contributed by atoms with Crippen LogP contribution in [-0.2, 0) is 0 Å². The third-order valence-electron chi connectivity index (χ3n) is 2.16. The Labute approximate surface area is 104 Å². The highest BCUT2D eigenvalue weighted by Crippen LogP contribution is 2.23. The highest BCUT2D eigenvalue weighted by atomic mass is 35.5. The summed E-state index contributed by atoms with van der Waals surface area (Å²) in [6, 6.07) is 2.71. The number of aliphatic hydroxyl groups excluding tert-OH is 1. The zero-order valence-corrected chi connectivity index (χ0v) is 9.98. The molecule has 0 fully saturated rings. The van der Waals surface area contributed by atoms with Crippen molar-refractivity contribution in [1.82, 2.24) is 4.98 Å². The highest BCUT2D eigenvalue weighted by Gasteiger charge is 2.14. The van der Waals surface area contributed by atoms with Crippen molar-refractivity contribution in [2.45, 2.75) is 19.3 Å². The van der Waals surface area contributed by atoms with Crippen LogP contribution in [0, 0.1) is 10.1 Å². The van der Waals surface area contributed by atoms with E-state index in [4.69, 9.17) is 16.7 Å². The van der Waals surface area contributed by atoms with Gasteiger partial charge in [-0.1, -0.05) is 11.6 Å². The number of nitrogens with one attached hydrogen (secondary N) is 1. The second-order valence-corrected chi connectivity index (χ2v) is 3.86. The first-order valence-electron chi connectivity index (χ1n) is 5.31. The number of unbranched alkanes of at least 4 members (excludes halogenated alkanes) is 2. The molecule has 0 spiro atoms. The summed E-state index contributed by atoms with van der Waals surface area (Å²) >= 11 is 5.68. The van der Waals surface area contributed by atoms with E-state index < -0.39 is 4.92 Å². The van der Waals surface area contributed by atoms with Crippen molar-refractivity contribution in [3.8, 4) is 0 Å². The Kier molecular flexibility index (Phi) is 5.65. The van der Waals surface area contributed by atoms with E-state index in [1.807, 2.05) is 0 Å². The molecule has 0 radical (unpaired) electrons. The maximum atomic E-state index is 10.7. The molecule has 0 saturated carbocycles. The zero-order valence-electron chi connectivity index (χ0n) is 9.23. The lowest BCUT2D eigenvalue weighted by Crippen LogP contribution is -2.06. The third kappa shape index (κ3) is 4.54. The zero-order chi connectivity index (χ0) is 12.7. The fraction of sp³-hybridized carbons (Fsp3) is 0.500. The molecule has 0 unspecified atom stereocenters. The van der Waals surface area contributed by atoms with E-state index in [-0.39, 0.29) is 23.3 Å². The van der Waals surface area contributed by atoms with Gasteiger partial charge in [-0.25, -0.2) is 4.98 Å². The van der Waals surface area contributed by atoms with Gasteiger partial charge in [0.05, 0.1) is 4.92 Å². The molecule has 1 aromatic rings. The minimum Gasteiger partial charge on any atom is -0.396 e. The number of pyridine rings is 1. The van der Waals surface area contributed by atoms with Crippen LogP contribution in [0.4, 0.5) is 11.5 Å². The molecule has 0 saturated heterocycles. The van der Waals surface area contributed by atoms with E-state index in [1.54, 1.807) is 0 Å². The summed E-state index contributed by atoms with van der Waals surface area (Å²) in [5, 5.41) is 22.4. The summed E-state index contributed by atoms with van der Waals surface area (Å²) in [7, 11) is 0. The second kappa shape index (κ2) is 7.03. The van der Waals surface area contributed by atoms with E-state index in [9.17, 15) is 10.1 Å². The van der Waals surface area contributed by atoms with Gasteiger partial charge in [0, 0.05) is 19.2 Å². The van der Waals surface area contributed by atoms with Gasteiger partial charge >= 0.3 is 5.69 Å². The Hall–Kier alpha value is -1.40. The molecule has 17 heavy (non-hydrogen) atoms. The van der Waals surface area contributed by atoms with Crippen LogP contribution < -0.4 is 5.32 Å². The van der Waals surface area contributed by atoms with Gasteiger partial charge in [-0.2, -0.15) is 0 Å². The summed E-state index contributed by atoms with van der Waals surface area (Å²) in [4.78, 5) is 14.1. The van der Waals surface area contributed by atoms with Gasteiger partial charge in [-0.3, -0.25) is 10.1 Å². The number of halogens is 1. The fourth-order valence-electron chi connectivity index (χ4n) is 1.33. The van der Waals surface area contributed by atoms with Gasteiger partial charge in [0.25, 0.3) is 0 Å². The predicted octanol–water partition coefficient (Wildman–Crippen LogP) is 2.22. The first-order valence-corrected chi connectivity index (χ1v) is 5.68. The molecule has 0 aliphatic carbocycles. The highest BCUT2D eigenvalue weighted by molar-refractivity contribution is 6.29. The molecule has 0 amide bonds. The van der Waals surface area contributed by atoms with E-state index >= 15 is 0 Å². The molecule has 1 heterocycles. The van der Waals surface area contributed by atoms with Gasteiger partial charge in [-0.15, -0.1) is 0 Å². The molecule has 0 bridgehead atoms. The molecule has 0 aliphatic heterocycles. The van der Waals surface area contributed by atoms with Gasteiger partial charge in [-0.05, 0) is 25.3 Å². The van der Waals surface area contributed by atoms with Gasteiger partial charge in [0.15, 0.2) is 0 Å². The normalized spacial score (nSPS) is 10.2. The standard InChI is InChI=1S/C10H14ClN3O3/c11-9-5-4-8(14(16)17)10(13-9)12-6-2-1-3-7-15/h4-5,15H,1-3,6-7H2,(H,12,13). The summed E-state index contributed by atoms with van der Waals surface area (Å²) in [5.74, 6) is 0.187. The van der Waals surface area contributed by atoms with Crippen LogP contribution in [0.15, 0.2) is 12.1 Å². The molecule has 0 aromatic carbocycles. The molecule has 1 aromatic heterocycles. The minimum absolute atomic E-state index is 0.0865. The lowest BCUT2D eigenvalue weighted by molar-refractivity contribution is -0.384. The molecule has 7 heteroatoms. The number of anilines is 1. The lowest BCUT2D eigenvalue weighted by Gasteiger charge is -2.05. The number of nitrogens with zero attached hydrogens (tertiary/aromatic N) is 2. The molecule has 1 rings (SSSR count). The van der Waals surface area contributed by atoms with Crippen LogP contribution in [-0.4, -0.2) is 28.2 Å². The van der Waals surface area contributed by atoms with Crippen LogP contribution >= 0.6 is 11.6 Å². The minimum atomic E-state index is -0.501. The van der Waals surface area contributed by atoms with Gasteiger partial charge in [0.2, 0.25) is 5.82 Å². The van der Waals surface area contributed by atoms with Crippen molar-refractivity contribution in [2.24, 2.45) is 0 Å². The SMILES string of the molecule is O=[N+]([O-])c1ccc(Cl)nc1NCCCCCO. The Bertz CT molecular complexity index is 387. The Morgan fingerprint density at radius 1 is 1.41 bits per heavy atom. The number of rotatable bonds is 7. The number of aromatic nitrogens is 1. The summed E-state index contributed by atoms with van der Waals surface area (Å²) in [6.07, 6.45) is 2.40. The topological polar surface area (TPSA) is 88.3 Å². The van der Waals surface area contributed by atoms with E-state index in [1.165, 1.54) is 12.1 Å². The average Bonchev–Trinajstić information content (AvgIpc) is 2.28. The molecule has 2 N–H and O–H groups in total. The van der Waals surface area contributed by atoms with Crippen molar-refractivity contribution in [2.75, 3.05) is 18.5 Å². The molecule has 6 nitrogen and oxygen atoms in total. The molecular weight excluding hydrogens is 246 g/mol.